The van der Waals surface area contributed by atoms with E-state index in [2.05, 4.69) is 112 Å². The molecule has 0 saturated carbocycles. The normalized spacial score (nSPS) is 12.1. The average molecular weight is 961 g/mol. The lowest BCUT2D eigenvalue weighted by atomic mass is 9.91. The van der Waals surface area contributed by atoms with Crippen molar-refractivity contribution in [1.29, 1.82) is 0 Å². The van der Waals surface area contributed by atoms with E-state index in [1.54, 1.807) is 0 Å². The second-order valence-electron chi connectivity index (χ2n) is 21.2. The summed E-state index contributed by atoms with van der Waals surface area (Å²) in [4.78, 5) is 3.89. The average Bonchev–Trinajstić information content (AvgIpc) is 3.29. The predicted molar refractivity (Wildman–Crippen MR) is 295 cm³/mol. The molecule has 0 radical (unpaired) electrons. The fourth-order valence-electron chi connectivity index (χ4n) is 10.4. The van der Waals surface area contributed by atoms with Crippen molar-refractivity contribution in [2.75, 3.05) is 9.80 Å². The third-order valence-corrected chi connectivity index (χ3v) is 17.8. The van der Waals surface area contributed by atoms with Crippen LogP contribution in [0.25, 0.3) is 54.6 Å². The highest BCUT2D eigenvalue weighted by molar-refractivity contribution is 6.89. The van der Waals surface area contributed by atoms with Crippen LogP contribution in [0.5, 0.6) is 0 Å². The first-order valence-corrected chi connectivity index (χ1v) is 30.9. The van der Waals surface area contributed by atoms with Crippen LogP contribution in [0.15, 0.2) is 158 Å². The molecular formula is C62H56F4N2Si2. The third kappa shape index (κ3) is 8.47. The van der Waals surface area contributed by atoms with Crippen molar-refractivity contribution >= 4 is 93.0 Å². The number of anilines is 6. The van der Waals surface area contributed by atoms with Gasteiger partial charge in [0, 0.05) is 45.4 Å². The standard InChI is InChI=1S/C62H56F4N2Si2/c1-37-27-38(2)30-43(29-37)53-33-45(63)35-55(65)61(53)67(47-15-19-49(20-16-47)69(5,6)7)57-25-13-41-12-24-52-58(26-14-42-11-23-51(57)59(41)60(42)52)68(48-17-21-50(22-18-48)70(8,9)10)62-54(34-46(64)36-56(62)66)44-31-39(3)28-40(4)32-44/h11-36H,1-10H3. The van der Waals surface area contributed by atoms with E-state index in [1.165, 1.54) is 22.5 Å². The van der Waals surface area contributed by atoms with Gasteiger partial charge in [0.2, 0.25) is 0 Å². The summed E-state index contributed by atoms with van der Waals surface area (Å²) in [5.74, 6) is -2.70. The van der Waals surface area contributed by atoms with E-state index in [-0.39, 0.29) is 11.4 Å². The van der Waals surface area contributed by atoms with Gasteiger partial charge in [0.05, 0.1) is 38.9 Å². The van der Waals surface area contributed by atoms with Crippen molar-refractivity contribution < 1.29 is 17.6 Å². The zero-order valence-corrected chi connectivity index (χ0v) is 43.4. The first-order chi connectivity index (χ1) is 33.2. The maximum absolute atomic E-state index is 17.2. The van der Waals surface area contributed by atoms with E-state index in [0.717, 1.165) is 78.1 Å². The number of benzene rings is 10. The summed E-state index contributed by atoms with van der Waals surface area (Å²) in [7, 11) is -3.46. The first kappa shape index (κ1) is 46.7. The second kappa shape index (κ2) is 17.4. The second-order valence-corrected chi connectivity index (χ2v) is 31.3. The topological polar surface area (TPSA) is 6.48 Å². The Morgan fingerprint density at radius 3 is 1.01 bits per heavy atom. The van der Waals surface area contributed by atoms with E-state index in [4.69, 9.17) is 0 Å². The molecule has 10 aromatic carbocycles. The number of hydrogen-bond donors (Lipinski definition) is 0. The maximum atomic E-state index is 17.2. The summed E-state index contributed by atoms with van der Waals surface area (Å²) >= 11 is 0. The quantitative estimate of drug-likeness (QED) is 0.0766. The highest BCUT2D eigenvalue weighted by Crippen LogP contribution is 2.51. The van der Waals surface area contributed by atoms with E-state index < -0.39 is 39.4 Å². The van der Waals surface area contributed by atoms with Gasteiger partial charge in [-0.2, -0.15) is 0 Å². The zero-order chi connectivity index (χ0) is 49.6. The molecule has 0 amide bonds. The summed E-state index contributed by atoms with van der Waals surface area (Å²) in [5.41, 5.74) is 9.58. The fourth-order valence-corrected chi connectivity index (χ4v) is 12.8. The van der Waals surface area contributed by atoms with Gasteiger partial charge in [-0.1, -0.05) is 169 Å². The van der Waals surface area contributed by atoms with Gasteiger partial charge in [-0.15, -0.1) is 0 Å². The number of halogens is 4. The molecule has 10 rings (SSSR count). The first-order valence-electron chi connectivity index (χ1n) is 23.9. The van der Waals surface area contributed by atoms with Crippen molar-refractivity contribution in [2.24, 2.45) is 0 Å². The highest BCUT2D eigenvalue weighted by atomic mass is 28.3. The molecule has 350 valence electrons. The molecule has 0 saturated heterocycles. The van der Waals surface area contributed by atoms with Gasteiger partial charge in [-0.3, -0.25) is 0 Å². The molecule has 0 aliphatic rings. The van der Waals surface area contributed by atoms with Gasteiger partial charge in [-0.25, -0.2) is 17.6 Å². The predicted octanol–water partition coefficient (Wildman–Crippen LogP) is 17.7. The van der Waals surface area contributed by atoms with Crippen molar-refractivity contribution in [1.82, 2.24) is 0 Å². The van der Waals surface area contributed by atoms with Crippen LogP contribution in [0.4, 0.5) is 51.7 Å². The van der Waals surface area contributed by atoms with Gasteiger partial charge in [0.1, 0.15) is 11.6 Å². The minimum Gasteiger partial charge on any atom is -0.307 e. The molecule has 0 aliphatic carbocycles. The molecule has 2 nitrogen and oxygen atoms in total. The van der Waals surface area contributed by atoms with Crippen LogP contribution >= 0.6 is 0 Å². The monoisotopic (exact) mass is 960 g/mol. The molecule has 0 atom stereocenters. The molecule has 0 fully saturated rings. The summed E-state index contributed by atoms with van der Waals surface area (Å²) in [5, 5.41) is 8.03. The van der Waals surface area contributed by atoms with Gasteiger partial charge < -0.3 is 9.80 Å². The molecule has 0 heterocycles. The van der Waals surface area contributed by atoms with Crippen molar-refractivity contribution in [3.8, 4) is 22.3 Å². The Balaban J connectivity index is 1.27. The summed E-state index contributed by atoms with van der Waals surface area (Å²) in [6, 6.07) is 50.1. The lowest BCUT2D eigenvalue weighted by Crippen LogP contribution is -2.37. The Morgan fingerprint density at radius 1 is 0.357 bits per heavy atom. The highest BCUT2D eigenvalue weighted by Gasteiger charge is 2.29. The largest absolute Gasteiger partial charge is 0.307 e. The van der Waals surface area contributed by atoms with E-state index in [9.17, 15) is 0 Å². The Morgan fingerprint density at radius 2 is 0.686 bits per heavy atom. The van der Waals surface area contributed by atoms with Crippen molar-refractivity contribution in [3.05, 3.63) is 203 Å². The summed E-state index contributed by atoms with van der Waals surface area (Å²) in [6.07, 6.45) is 0. The minimum atomic E-state index is -1.73. The molecule has 0 spiro atoms. The molecule has 0 aromatic heterocycles. The Hall–Kier alpha value is -7.01. The zero-order valence-electron chi connectivity index (χ0n) is 41.4. The minimum absolute atomic E-state index is 0.238. The lowest BCUT2D eigenvalue weighted by Gasteiger charge is -2.32. The maximum Gasteiger partial charge on any atom is 0.150 e. The van der Waals surface area contributed by atoms with Crippen LogP contribution in [0.3, 0.4) is 0 Å². The molecule has 0 unspecified atom stereocenters. The molecule has 0 bridgehead atoms. The van der Waals surface area contributed by atoms with Crippen LogP contribution in [-0.4, -0.2) is 16.1 Å². The van der Waals surface area contributed by atoms with E-state index in [1.807, 2.05) is 98.2 Å². The van der Waals surface area contributed by atoms with Crippen molar-refractivity contribution in [2.45, 2.75) is 67.0 Å². The fraction of sp³-hybridized carbons (Fsp3) is 0.161. The van der Waals surface area contributed by atoms with E-state index >= 15 is 17.6 Å². The Kier molecular flexibility index (Phi) is 11.6. The molecular weight excluding hydrogens is 905 g/mol. The van der Waals surface area contributed by atoms with Gasteiger partial charge in [0.15, 0.2) is 11.6 Å². The summed E-state index contributed by atoms with van der Waals surface area (Å²) < 4.78 is 65.5. The number of rotatable bonds is 10. The Labute approximate surface area is 410 Å². The van der Waals surface area contributed by atoms with Crippen molar-refractivity contribution in [3.63, 3.8) is 0 Å². The van der Waals surface area contributed by atoms with Crippen LogP contribution in [0.2, 0.25) is 39.3 Å². The van der Waals surface area contributed by atoms with Crippen LogP contribution in [0, 0.1) is 51.0 Å². The molecule has 0 aliphatic heterocycles. The molecule has 0 N–H and O–H groups in total. The smallest absolute Gasteiger partial charge is 0.150 e. The number of hydrogen-bond acceptors (Lipinski definition) is 2. The van der Waals surface area contributed by atoms with Crippen LogP contribution < -0.4 is 20.2 Å². The van der Waals surface area contributed by atoms with Gasteiger partial charge >= 0.3 is 0 Å². The van der Waals surface area contributed by atoms with Gasteiger partial charge in [-0.05, 0) is 109 Å². The van der Waals surface area contributed by atoms with Gasteiger partial charge in [0.25, 0.3) is 0 Å². The third-order valence-electron chi connectivity index (χ3n) is 13.7. The summed E-state index contributed by atoms with van der Waals surface area (Å²) in [6.45, 7) is 21.8. The molecule has 8 heteroatoms. The molecule has 10 aromatic rings. The van der Waals surface area contributed by atoms with Crippen LogP contribution in [0.1, 0.15) is 22.3 Å². The number of nitrogens with zero attached hydrogens (tertiary/aromatic N) is 2. The SMILES string of the molecule is Cc1cc(C)cc(-c2cc(F)cc(F)c2N(c2ccc([Si](C)(C)C)cc2)c2ccc3ccc4c(N(c5ccc([Si](C)(C)C)cc5)c5c(F)cc(F)cc5-c5cc(C)cc(C)c5)ccc5ccc2c3c54)c1. The number of aryl methyl sites for hydroxylation is 4. The lowest BCUT2D eigenvalue weighted by molar-refractivity contribution is 0.584. The van der Waals surface area contributed by atoms with E-state index in [0.29, 0.717) is 33.6 Å². The molecule has 70 heavy (non-hydrogen) atoms. The Bertz CT molecular complexity index is 3380. The van der Waals surface area contributed by atoms with Crippen LogP contribution in [-0.2, 0) is 0 Å².